The summed E-state index contributed by atoms with van der Waals surface area (Å²) in [5.41, 5.74) is 9.53. The molecule has 100 valence electrons. The number of anilines is 1. The molecule has 2 rings (SSSR count). The van der Waals surface area contributed by atoms with Crippen LogP contribution in [0.2, 0.25) is 5.02 Å². The smallest absolute Gasteiger partial charge is 0.120 e. The molecule has 0 heterocycles. The van der Waals surface area contributed by atoms with Crippen LogP contribution in [-0.4, -0.2) is 0 Å². The molecule has 2 aromatic carbocycles. The predicted molar refractivity (Wildman–Crippen MR) is 83.8 cm³/mol. The van der Waals surface area contributed by atoms with Gasteiger partial charge in [0.1, 0.15) is 12.4 Å². The van der Waals surface area contributed by atoms with Gasteiger partial charge in [0.05, 0.1) is 0 Å². The van der Waals surface area contributed by atoms with Gasteiger partial charge < -0.3 is 10.5 Å². The van der Waals surface area contributed by atoms with Crippen molar-refractivity contribution in [3.05, 3.63) is 56.5 Å². The fraction of sp³-hybridized carbons (Fsp3) is 0.200. The molecule has 19 heavy (non-hydrogen) atoms. The first-order valence-electron chi connectivity index (χ1n) is 5.91. The first-order valence-corrected chi connectivity index (χ1v) is 7.08. The highest BCUT2D eigenvalue weighted by Crippen LogP contribution is 2.27. The number of ether oxygens (including phenoxy) is 1. The monoisotopic (exact) mass is 339 g/mol. The van der Waals surface area contributed by atoms with Gasteiger partial charge in [0.2, 0.25) is 0 Å². The summed E-state index contributed by atoms with van der Waals surface area (Å²) in [5.74, 6) is 0.822. The first-order chi connectivity index (χ1) is 8.97. The second-order valence-corrected chi connectivity index (χ2v) is 5.74. The van der Waals surface area contributed by atoms with Crippen LogP contribution < -0.4 is 10.5 Å². The number of nitrogen functional groups attached to an aromatic ring is 1. The van der Waals surface area contributed by atoms with E-state index in [1.54, 1.807) is 0 Å². The molecular weight excluding hydrogens is 326 g/mol. The van der Waals surface area contributed by atoms with E-state index < -0.39 is 0 Å². The van der Waals surface area contributed by atoms with Crippen LogP contribution >= 0.6 is 27.5 Å². The third kappa shape index (κ3) is 3.43. The highest BCUT2D eigenvalue weighted by molar-refractivity contribution is 9.10. The molecule has 0 saturated heterocycles. The van der Waals surface area contributed by atoms with Gasteiger partial charge in [-0.05, 0) is 49.2 Å². The van der Waals surface area contributed by atoms with Gasteiger partial charge in [-0.15, -0.1) is 0 Å². The maximum atomic E-state index is 6.13. The molecule has 0 aliphatic rings. The summed E-state index contributed by atoms with van der Waals surface area (Å²) in [4.78, 5) is 0. The van der Waals surface area contributed by atoms with Gasteiger partial charge in [-0.25, -0.2) is 0 Å². The minimum Gasteiger partial charge on any atom is -0.489 e. The first kappa shape index (κ1) is 14.2. The summed E-state index contributed by atoms with van der Waals surface area (Å²) < 4.78 is 6.75. The molecule has 0 radical (unpaired) electrons. The van der Waals surface area contributed by atoms with E-state index in [1.807, 2.05) is 44.2 Å². The van der Waals surface area contributed by atoms with Gasteiger partial charge in [0.15, 0.2) is 0 Å². The van der Waals surface area contributed by atoms with Crippen molar-refractivity contribution >= 4 is 33.2 Å². The van der Waals surface area contributed by atoms with E-state index in [4.69, 9.17) is 22.1 Å². The van der Waals surface area contributed by atoms with Crippen molar-refractivity contribution in [1.82, 2.24) is 0 Å². The van der Waals surface area contributed by atoms with Crippen LogP contribution in [0.5, 0.6) is 5.75 Å². The molecule has 0 atom stereocenters. The standard InChI is InChI=1S/C15H15BrClNO/c1-9-5-13(6-10(2)15(9)17)19-8-11-3-4-12(18)7-14(11)16/h3-7H,8,18H2,1-2H3. The molecule has 0 bridgehead atoms. The molecule has 2 aromatic rings. The maximum Gasteiger partial charge on any atom is 0.120 e. The normalized spacial score (nSPS) is 10.5. The van der Waals surface area contributed by atoms with Crippen molar-refractivity contribution in [2.75, 3.05) is 5.73 Å². The molecule has 0 fully saturated rings. The Morgan fingerprint density at radius 3 is 2.37 bits per heavy atom. The zero-order valence-electron chi connectivity index (χ0n) is 10.8. The van der Waals surface area contributed by atoms with Crippen molar-refractivity contribution < 1.29 is 4.74 Å². The number of aryl methyl sites for hydroxylation is 2. The maximum absolute atomic E-state index is 6.13. The van der Waals surface area contributed by atoms with E-state index in [0.717, 1.165) is 37.6 Å². The van der Waals surface area contributed by atoms with Crippen molar-refractivity contribution in [3.63, 3.8) is 0 Å². The molecule has 2 nitrogen and oxygen atoms in total. The van der Waals surface area contributed by atoms with Crippen LogP contribution in [0, 0.1) is 13.8 Å². The number of halogens is 2. The molecule has 0 aliphatic heterocycles. The molecule has 0 unspecified atom stereocenters. The van der Waals surface area contributed by atoms with Crippen LogP contribution in [0.3, 0.4) is 0 Å². The number of benzene rings is 2. The average Bonchev–Trinajstić information content (AvgIpc) is 2.34. The van der Waals surface area contributed by atoms with Gasteiger partial charge in [0.25, 0.3) is 0 Å². The second kappa shape index (κ2) is 5.85. The Bertz CT molecular complexity index is 590. The molecule has 0 saturated carbocycles. The Morgan fingerprint density at radius 2 is 1.79 bits per heavy atom. The van der Waals surface area contributed by atoms with E-state index in [-0.39, 0.29) is 0 Å². The fourth-order valence-electron chi connectivity index (χ4n) is 1.83. The summed E-state index contributed by atoms with van der Waals surface area (Å²) in [6, 6.07) is 9.58. The van der Waals surface area contributed by atoms with E-state index in [1.165, 1.54) is 0 Å². The van der Waals surface area contributed by atoms with Crippen LogP contribution in [0.25, 0.3) is 0 Å². The number of hydrogen-bond acceptors (Lipinski definition) is 2. The molecule has 4 heteroatoms. The van der Waals surface area contributed by atoms with Gasteiger partial charge in [-0.1, -0.05) is 33.6 Å². The Morgan fingerprint density at radius 1 is 1.16 bits per heavy atom. The molecule has 0 aromatic heterocycles. The highest BCUT2D eigenvalue weighted by Gasteiger charge is 2.05. The third-order valence-electron chi connectivity index (χ3n) is 2.88. The van der Waals surface area contributed by atoms with E-state index >= 15 is 0 Å². The molecule has 0 amide bonds. The Hall–Kier alpha value is -1.19. The highest BCUT2D eigenvalue weighted by atomic mass is 79.9. The zero-order valence-corrected chi connectivity index (χ0v) is 13.2. The van der Waals surface area contributed by atoms with E-state index in [0.29, 0.717) is 6.61 Å². The quantitative estimate of drug-likeness (QED) is 0.808. The lowest BCUT2D eigenvalue weighted by Crippen LogP contribution is -1.98. The molecule has 0 aliphatic carbocycles. The van der Waals surface area contributed by atoms with Gasteiger partial charge in [0, 0.05) is 20.7 Å². The second-order valence-electron chi connectivity index (χ2n) is 4.51. The third-order valence-corrected chi connectivity index (χ3v) is 4.22. The SMILES string of the molecule is Cc1cc(OCc2ccc(N)cc2Br)cc(C)c1Cl. The summed E-state index contributed by atoms with van der Waals surface area (Å²) >= 11 is 9.61. The summed E-state index contributed by atoms with van der Waals surface area (Å²) in [6.07, 6.45) is 0. The van der Waals surface area contributed by atoms with Crippen LogP contribution in [-0.2, 0) is 6.61 Å². The Labute approximate surface area is 126 Å². The van der Waals surface area contributed by atoms with E-state index in [2.05, 4.69) is 15.9 Å². The minimum atomic E-state index is 0.487. The Kier molecular flexibility index (Phi) is 4.38. The molecule has 2 N–H and O–H groups in total. The fourth-order valence-corrected chi connectivity index (χ4v) is 2.45. The summed E-state index contributed by atoms with van der Waals surface area (Å²) in [7, 11) is 0. The van der Waals surface area contributed by atoms with Crippen molar-refractivity contribution in [1.29, 1.82) is 0 Å². The van der Waals surface area contributed by atoms with Crippen molar-refractivity contribution in [3.8, 4) is 5.75 Å². The lowest BCUT2D eigenvalue weighted by molar-refractivity contribution is 0.305. The van der Waals surface area contributed by atoms with E-state index in [9.17, 15) is 0 Å². The minimum absolute atomic E-state index is 0.487. The predicted octanol–water partition coefficient (Wildman–Crippen LogP) is 4.88. The van der Waals surface area contributed by atoms with Gasteiger partial charge >= 0.3 is 0 Å². The van der Waals surface area contributed by atoms with Crippen LogP contribution in [0.1, 0.15) is 16.7 Å². The van der Waals surface area contributed by atoms with Crippen LogP contribution in [0.15, 0.2) is 34.8 Å². The number of nitrogens with two attached hydrogens (primary N) is 1. The largest absolute Gasteiger partial charge is 0.489 e. The summed E-state index contributed by atoms with van der Waals surface area (Å²) in [6.45, 7) is 4.43. The van der Waals surface area contributed by atoms with Crippen molar-refractivity contribution in [2.24, 2.45) is 0 Å². The van der Waals surface area contributed by atoms with Crippen LogP contribution in [0.4, 0.5) is 5.69 Å². The Balaban J connectivity index is 2.14. The summed E-state index contributed by atoms with van der Waals surface area (Å²) in [5, 5.41) is 0.793. The topological polar surface area (TPSA) is 35.2 Å². The molecular formula is C15H15BrClNO. The van der Waals surface area contributed by atoms with Gasteiger partial charge in [-0.2, -0.15) is 0 Å². The molecule has 0 spiro atoms. The lowest BCUT2D eigenvalue weighted by atomic mass is 10.1. The lowest BCUT2D eigenvalue weighted by Gasteiger charge is -2.11. The number of rotatable bonds is 3. The van der Waals surface area contributed by atoms with Crippen molar-refractivity contribution in [2.45, 2.75) is 20.5 Å². The average molecular weight is 341 g/mol. The number of hydrogen-bond donors (Lipinski definition) is 1. The zero-order chi connectivity index (χ0) is 14.0. The van der Waals surface area contributed by atoms with Gasteiger partial charge in [-0.3, -0.25) is 0 Å².